The molecule has 5 nitrogen and oxygen atoms in total. The summed E-state index contributed by atoms with van der Waals surface area (Å²) in [6.07, 6.45) is 3.41. The second-order valence-electron chi connectivity index (χ2n) is 6.07. The van der Waals surface area contributed by atoms with Crippen molar-refractivity contribution >= 4 is 17.6 Å². The van der Waals surface area contributed by atoms with Gasteiger partial charge in [0, 0.05) is 5.69 Å². The van der Waals surface area contributed by atoms with E-state index in [0.29, 0.717) is 5.75 Å². The number of hydrogen-bond acceptors (Lipinski definition) is 4. The van der Waals surface area contributed by atoms with Crippen LogP contribution in [0.25, 0.3) is 0 Å². The van der Waals surface area contributed by atoms with Crippen LogP contribution in [0.4, 0.5) is 5.69 Å². The van der Waals surface area contributed by atoms with Crippen molar-refractivity contribution in [3.8, 4) is 5.75 Å². The van der Waals surface area contributed by atoms with Gasteiger partial charge in [-0.05, 0) is 60.2 Å². The number of esters is 1. The van der Waals surface area contributed by atoms with Crippen molar-refractivity contribution in [2.75, 3.05) is 19.0 Å². The summed E-state index contributed by atoms with van der Waals surface area (Å²) in [4.78, 5) is 23.8. The molecule has 25 heavy (non-hydrogen) atoms. The largest absolute Gasteiger partial charge is 0.497 e. The fraction of sp³-hybridized carbons (Fsp3) is 0.300. The normalized spacial score (nSPS) is 12.4. The van der Waals surface area contributed by atoms with Crippen LogP contribution in [0.5, 0.6) is 5.75 Å². The van der Waals surface area contributed by atoms with Gasteiger partial charge >= 0.3 is 5.97 Å². The molecule has 0 unspecified atom stereocenters. The van der Waals surface area contributed by atoms with Crippen molar-refractivity contribution in [2.45, 2.75) is 25.7 Å². The summed E-state index contributed by atoms with van der Waals surface area (Å²) in [5.41, 5.74) is 4.16. The highest BCUT2D eigenvalue weighted by molar-refractivity contribution is 5.93. The van der Waals surface area contributed by atoms with Crippen LogP contribution in [-0.2, 0) is 33.6 Å². The van der Waals surface area contributed by atoms with Crippen LogP contribution in [0, 0.1) is 0 Å². The van der Waals surface area contributed by atoms with E-state index >= 15 is 0 Å². The zero-order chi connectivity index (χ0) is 17.6. The standard InChI is InChI=1S/C20H21NO4/c1-24-18-7-2-4-14(10-18)11-20(23)25-13-19(22)21-17-9-8-15-5-3-6-16(15)12-17/h2,4,7-10,12H,3,5-6,11,13H2,1H3,(H,21,22). The Bertz CT molecular complexity index is 785. The minimum atomic E-state index is -0.447. The molecular formula is C20H21NO4. The third kappa shape index (κ3) is 4.59. The Morgan fingerprint density at radius 2 is 1.92 bits per heavy atom. The Morgan fingerprint density at radius 1 is 1.08 bits per heavy atom. The maximum atomic E-state index is 12.0. The third-order valence-corrected chi connectivity index (χ3v) is 4.23. The highest BCUT2D eigenvalue weighted by atomic mass is 16.5. The molecule has 0 atom stereocenters. The van der Waals surface area contributed by atoms with E-state index in [1.807, 2.05) is 30.3 Å². The van der Waals surface area contributed by atoms with E-state index in [4.69, 9.17) is 9.47 Å². The molecule has 0 fully saturated rings. The monoisotopic (exact) mass is 339 g/mol. The highest BCUT2D eigenvalue weighted by Gasteiger charge is 2.13. The average Bonchev–Trinajstić information content (AvgIpc) is 3.08. The van der Waals surface area contributed by atoms with E-state index in [1.54, 1.807) is 19.2 Å². The molecule has 1 aliphatic carbocycles. The second kappa shape index (κ2) is 7.83. The number of carbonyl (C=O) groups is 2. The average molecular weight is 339 g/mol. The van der Waals surface area contributed by atoms with Crippen molar-refractivity contribution in [1.82, 2.24) is 0 Å². The molecule has 0 bridgehead atoms. The number of fused-ring (bicyclic) bond motifs is 1. The first-order valence-corrected chi connectivity index (χ1v) is 8.34. The van der Waals surface area contributed by atoms with Crippen molar-refractivity contribution in [2.24, 2.45) is 0 Å². The predicted octanol–water partition coefficient (Wildman–Crippen LogP) is 2.91. The lowest BCUT2D eigenvalue weighted by molar-refractivity contribution is -0.146. The number of aryl methyl sites for hydroxylation is 2. The van der Waals surface area contributed by atoms with Gasteiger partial charge in [-0.25, -0.2) is 0 Å². The number of ether oxygens (including phenoxy) is 2. The summed E-state index contributed by atoms with van der Waals surface area (Å²) in [6.45, 7) is -0.292. The van der Waals surface area contributed by atoms with Gasteiger partial charge in [-0.15, -0.1) is 0 Å². The molecule has 1 aliphatic rings. The lowest BCUT2D eigenvalue weighted by atomic mass is 10.1. The van der Waals surface area contributed by atoms with Crippen LogP contribution in [0.2, 0.25) is 0 Å². The van der Waals surface area contributed by atoms with E-state index in [9.17, 15) is 9.59 Å². The number of nitrogens with one attached hydrogen (secondary N) is 1. The van der Waals surface area contributed by atoms with E-state index in [-0.39, 0.29) is 18.9 Å². The smallest absolute Gasteiger partial charge is 0.310 e. The van der Waals surface area contributed by atoms with Crippen molar-refractivity contribution in [3.05, 3.63) is 59.2 Å². The van der Waals surface area contributed by atoms with Gasteiger partial charge in [-0.3, -0.25) is 9.59 Å². The van der Waals surface area contributed by atoms with Crippen LogP contribution >= 0.6 is 0 Å². The first kappa shape index (κ1) is 17.0. The topological polar surface area (TPSA) is 64.6 Å². The van der Waals surface area contributed by atoms with Crippen LogP contribution in [0.3, 0.4) is 0 Å². The van der Waals surface area contributed by atoms with Crippen LogP contribution in [0.1, 0.15) is 23.1 Å². The molecule has 0 saturated carbocycles. The number of carbonyl (C=O) groups excluding carboxylic acids is 2. The molecule has 5 heteroatoms. The lowest BCUT2D eigenvalue weighted by Crippen LogP contribution is -2.21. The molecule has 1 N–H and O–H groups in total. The van der Waals surface area contributed by atoms with Crippen LogP contribution in [0.15, 0.2) is 42.5 Å². The highest BCUT2D eigenvalue weighted by Crippen LogP contribution is 2.24. The van der Waals surface area contributed by atoms with Crippen LogP contribution < -0.4 is 10.1 Å². The molecule has 0 aromatic heterocycles. The zero-order valence-electron chi connectivity index (χ0n) is 14.2. The number of methoxy groups -OCH3 is 1. The SMILES string of the molecule is COc1cccc(CC(=O)OCC(=O)Nc2ccc3c(c2)CCC3)c1. The lowest BCUT2D eigenvalue weighted by Gasteiger charge is -2.09. The molecule has 3 rings (SSSR count). The van der Waals surface area contributed by atoms with E-state index in [0.717, 1.165) is 30.5 Å². The first-order valence-electron chi connectivity index (χ1n) is 8.34. The van der Waals surface area contributed by atoms with Gasteiger partial charge in [0.2, 0.25) is 0 Å². The van der Waals surface area contributed by atoms with Crippen molar-refractivity contribution in [3.63, 3.8) is 0 Å². The fourth-order valence-electron chi connectivity index (χ4n) is 2.99. The number of hydrogen-bond donors (Lipinski definition) is 1. The van der Waals surface area contributed by atoms with Crippen LogP contribution in [-0.4, -0.2) is 25.6 Å². The van der Waals surface area contributed by atoms with E-state index in [2.05, 4.69) is 5.32 Å². The third-order valence-electron chi connectivity index (χ3n) is 4.23. The number of amides is 1. The molecule has 2 aromatic carbocycles. The second-order valence-corrected chi connectivity index (χ2v) is 6.07. The van der Waals surface area contributed by atoms with Gasteiger partial charge in [0.1, 0.15) is 5.75 Å². The van der Waals surface area contributed by atoms with Gasteiger partial charge < -0.3 is 14.8 Å². The van der Waals surface area contributed by atoms with Gasteiger partial charge in [0.05, 0.1) is 13.5 Å². The van der Waals surface area contributed by atoms with Crippen molar-refractivity contribution in [1.29, 1.82) is 0 Å². The summed E-state index contributed by atoms with van der Waals surface area (Å²) < 4.78 is 10.2. The summed E-state index contributed by atoms with van der Waals surface area (Å²) in [7, 11) is 1.57. The van der Waals surface area contributed by atoms with E-state index < -0.39 is 5.97 Å². The fourth-order valence-corrected chi connectivity index (χ4v) is 2.99. The number of anilines is 1. The molecule has 1 amide bonds. The van der Waals surface area contributed by atoms with Gasteiger partial charge in [0.15, 0.2) is 6.61 Å². The minimum absolute atomic E-state index is 0.101. The molecule has 0 saturated heterocycles. The quantitative estimate of drug-likeness (QED) is 0.822. The molecule has 2 aromatic rings. The maximum absolute atomic E-state index is 12.0. The molecule has 130 valence electrons. The molecular weight excluding hydrogens is 318 g/mol. The first-order chi connectivity index (χ1) is 12.1. The summed E-state index contributed by atoms with van der Waals surface area (Å²) in [5, 5.41) is 2.77. The Morgan fingerprint density at radius 3 is 2.76 bits per heavy atom. The summed E-state index contributed by atoms with van der Waals surface area (Å²) in [6, 6.07) is 13.1. The van der Waals surface area contributed by atoms with E-state index in [1.165, 1.54) is 11.1 Å². The minimum Gasteiger partial charge on any atom is -0.497 e. The molecule has 0 aliphatic heterocycles. The molecule has 0 radical (unpaired) electrons. The number of benzene rings is 2. The van der Waals surface area contributed by atoms with Crippen molar-refractivity contribution < 1.29 is 19.1 Å². The Kier molecular flexibility index (Phi) is 5.33. The Balaban J connectivity index is 1.47. The number of rotatable bonds is 6. The van der Waals surface area contributed by atoms with Gasteiger partial charge in [0.25, 0.3) is 5.91 Å². The summed E-state index contributed by atoms with van der Waals surface area (Å²) >= 11 is 0. The maximum Gasteiger partial charge on any atom is 0.310 e. The summed E-state index contributed by atoms with van der Waals surface area (Å²) in [5.74, 6) is -0.103. The Labute approximate surface area is 147 Å². The predicted molar refractivity (Wildman–Crippen MR) is 94.8 cm³/mol. The van der Waals surface area contributed by atoms with Gasteiger partial charge in [-0.1, -0.05) is 18.2 Å². The zero-order valence-corrected chi connectivity index (χ0v) is 14.2. The van der Waals surface area contributed by atoms with Gasteiger partial charge in [-0.2, -0.15) is 0 Å². The molecule has 0 spiro atoms. The molecule has 0 heterocycles. The Hall–Kier alpha value is -2.82.